The molecule has 2 aromatic carbocycles. The molecule has 0 aliphatic rings. The second kappa shape index (κ2) is 8.13. The van der Waals surface area contributed by atoms with Crippen molar-refractivity contribution < 1.29 is 13.7 Å². The van der Waals surface area contributed by atoms with Gasteiger partial charge in [0.1, 0.15) is 5.58 Å². The Bertz CT molecular complexity index is 1030. The van der Waals surface area contributed by atoms with Crippen LogP contribution in [0.1, 0.15) is 24.6 Å². The molecule has 2 aromatic heterocycles. The number of fused-ring (bicyclic) bond motifs is 1. The summed E-state index contributed by atoms with van der Waals surface area (Å²) >= 11 is 0. The Morgan fingerprint density at radius 1 is 1.04 bits per heavy atom. The first-order valence-electron chi connectivity index (χ1n) is 9.45. The zero-order valence-corrected chi connectivity index (χ0v) is 15.7. The summed E-state index contributed by atoms with van der Waals surface area (Å²) in [5.41, 5.74) is 2.65. The number of carbonyl (C=O) groups excluding carboxylic acids is 1. The third-order valence-electron chi connectivity index (χ3n) is 4.69. The van der Waals surface area contributed by atoms with Gasteiger partial charge in [-0.2, -0.15) is 0 Å². The van der Waals surface area contributed by atoms with Crippen LogP contribution in [0.2, 0.25) is 0 Å². The molecule has 4 rings (SSSR count). The average Bonchev–Trinajstić information content (AvgIpc) is 3.33. The molecule has 4 aromatic rings. The minimum Gasteiger partial charge on any atom is -0.453 e. The van der Waals surface area contributed by atoms with Gasteiger partial charge in [0.2, 0.25) is 11.7 Å². The summed E-state index contributed by atoms with van der Waals surface area (Å²) in [6.07, 6.45) is 2.00. The van der Waals surface area contributed by atoms with Crippen LogP contribution in [0, 0.1) is 0 Å². The lowest BCUT2D eigenvalue weighted by Crippen LogP contribution is -2.34. The van der Waals surface area contributed by atoms with Crippen molar-refractivity contribution in [2.45, 2.75) is 32.2 Å². The molecule has 0 aliphatic carbocycles. The zero-order valence-electron chi connectivity index (χ0n) is 15.7. The fourth-order valence-corrected chi connectivity index (χ4v) is 3.20. The predicted molar refractivity (Wildman–Crippen MR) is 108 cm³/mol. The number of aryl methyl sites for hydroxylation is 1. The fraction of sp³-hybridized carbons (Fsp3) is 0.217. The molecule has 5 nitrogen and oxygen atoms in total. The Morgan fingerprint density at radius 2 is 1.82 bits per heavy atom. The van der Waals surface area contributed by atoms with Gasteiger partial charge in [0.25, 0.3) is 0 Å². The van der Waals surface area contributed by atoms with Gasteiger partial charge in [0, 0.05) is 17.5 Å². The highest BCUT2D eigenvalue weighted by Gasteiger charge is 2.15. The molecule has 0 bridgehead atoms. The molecule has 5 heteroatoms. The van der Waals surface area contributed by atoms with Gasteiger partial charge < -0.3 is 14.3 Å². The number of nitrogens with one attached hydrogen (secondary N) is 1. The van der Waals surface area contributed by atoms with Crippen LogP contribution < -0.4 is 5.32 Å². The number of benzene rings is 2. The van der Waals surface area contributed by atoms with E-state index < -0.39 is 0 Å². The Kier molecular flexibility index (Phi) is 5.24. The van der Waals surface area contributed by atoms with Gasteiger partial charge in [0.15, 0.2) is 5.76 Å². The van der Waals surface area contributed by atoms with Crippen LogP contribution in [0.15, 0.2) is 75.7 Å². The second-order valence-corrected chi connectivity index (χ2v) is 7.00. The molecule has 1 atom stereocenters. The fourth-order valence-electron chi connectivity index (χ4n) is 3.20. The van der Waals surface area contributed by atoms with Gasteiger partial charge in [-0.05, 0) is 37.5 Å². The van der Waals surface area contributed by atoms with Crippen molar-refractivity contribution in [2.24, 2.45) is 0 Å². The topological polar surface area (TPSA) is 68.3 Å². The highest BCUT2D eigenvalue weighted by molar-refractivity contribution is 5.82. The van der Waals surface area contributed by atoms with E-state index in [0.717, 1.165) is 23.8 Å². The number of hydrogen-bond acceptors (Lipinski definition) is 4. The molecule has 0 fully saturated rings. The van der Waals surface area contributed by atoms with E-state index in [9.17, 15) is 4.79 Å². The minimum atomic E-state index is -0.0648. The van der Waals surface area contributed by atoms with Gasteiger partial charge in [0.05, 0.1) is 12.1 Å². The van der Waals surface area contributed by atoms with Crippen molar-refractivity contribution in [1.29, 1.82) is 0 Å². The Hall–Kier alpha value is -3.34. The molecular weight excluding hydrogens is 352 g/mol. The van der Waals surface area contributed by atoms with Gasteiger partial charge in [-0.1, -0.05) is 53.7 Å². The zero-order chi connectivity index (χ0) is 19.3. The lowest BCUT2D eigenvalue weighted by atomic mass is 10.1. The number of para-hydroxylation sites is 1. The van der Waals surface area contributed by atoms with E-state index in [-0.39, 0.29) is 18.4 Å². The Morgan fingerprint density at radius 3 is 2.64 bits per heavy atom. The maximum absolute atomic E-state index is 12.3. The predicted octanol–water partition coefficient (Wildman–Crippen LogP) is 4.77. The molecule has 1 N–H and O–H groups in total. The highest BCUT2D eigenvalue weighted by Crippen LogP contribution is 2.28. The van der Waals surface area contributed by atoms with E-state index in [1.165, 1.54) is 5.56 Å². The summed E-state index contributed by atoms with van der Waals surface area (Å²) in [4.78, 5) is 12.3. The van der Waals surface area contributed by atoms with Crippen molar-refractivity contribution in [1.82, 2.24) is 10.5 Å². The normalized spacial score (nSPS) is 12.2. The van der Waals surface area contributed by atoms with E-state index in [1.807, 2.05) is 55.5 Å². The standard InChI is InChI=1S/C23H22N2O3/c1-16(11-12-17-7-3-2-4-8-17)24-23(26)15-19-14-22(28-25-19)21-13-18-9-5-6-10-20(18)27-21/h2-10,13-14,16H,11-12,15H2,1H3,(H,24,26). The van der Waals surface area contributed by atoms with Crippen molar-refractivity contribution in [3.63, 3.8) is 0 Å². The van der Waals surface area contributed by atoms with Crippen LogP contribution >= 0.6 is 0 Å². The highest BCUT2D eigenvalue weighted by atomic mass is 16.5. The van der Waals surface area contributed by atoms with Crippen molar-refractivity contribution in [3.8, 4) is 11.5 Å². The molecule has 142 valence electrons. The quantitative estimate of drug-likeness (QED) is 0.506. The van der Waals surface area contributed by atoms with Gasteiger partial charge in [-0.3, -0.25) is 4.79 Å². The van der Waals surface area contributed by atoms with E-state index in [1.54, 1.807) is 6.07 Å². The number of hydrogen-bond donors (Lipinski definition) is 1. The molecule has 0 radical (unpaired) electrons. The molecule has 1 unspecified atom stereocenters. The number of furan rings is 1. The molecule has 0 spiro atoms. The SMILES string of the molecule is CC(CCc1ccccc1)NC(=O)Cc1cc(-c2cc3ccccc3o2)on1. The minimum absolute atomic E-state index is 0.0648. The van der Waals surface area contributed by atoms with E-state index >= 15 is 0 Å². The molecule has 0 saturated carbocycles. The summed E-state index contributed by atoms with van der Waals surface area (Å²) < 4.78 is 11.1. The first-order valence-corrected chi connectivity index (χ1v) is 9.45. The third kappa shape index (κ3) is 4.31. The van der Waals surface area contributed by atoms with Crippen LogP contribution in [0.4, 0.5) is 0 Å². The summed E-state index contributed by atoms with van der Waals surface area (Å²) in [6, 6.07) is 21.8. The molecular formula is C23H22N2O3. The Balaban J connectivity index is 1.32. The van der Waals surface area contributed by atoms with E-state index in [2.05, 4.69) is 22.6 Å². The molecule has 2 heterocycles. The maximum atomic E-state index is 12.3. The molecule has 0 saturated heterocycles. The van der Waals surface area contributed by atoms with E-state index in [4.69, 9.17) is 8.94 Å². The van der Waals surface area contributed by atoms with Crippen LogP contribution in [0.5, 0.6) is 0 Å². The first-order chi connectivity index (χ1) is 13.7. The van der Waals surface area contributed by atoms with Gasteiger partial charge in [-0.25, -0.2) is 0 Å². The van der Waals surface area contributed by atoms with Crippen LogP contribution in [-0.2, 0) is 17.6 Å². The summed E-state index contributed by atoms with van der Waals surface area (Å²) in [5, 5.41) is 8.03. The van der Waals surface area contributed by atoms with Crippen molar-refractivity contribution >= 4 is 16.9 Å². The summed E-state index contributed by atoms with van der Waals surface area (Å²) in [7, 11) is 0. The number of nitrogens with zero attached hydrogens (tertiary/aromatic N) is 1. The smallest absolute Gasteiger partial charge is 0.226 e. The molecule has 1 amide bonds. The monoisotopic (exact) mass is 374 g/mol. The maximum Gasteiger partial charge on any atom is 0.226 e. The largest absolute Gasteiger partial charge is 0.453 e. The number of aromatic nitrogens is 1. The number of amides is 1. The third-order valence-corrected chi connectivity index (χ3v) is 4.69. The summed E-state index contributed by atoms with van der Waals surface area (Å²) in [5.74, 6) is 1.07. The van der Waals surface area contributed by atoms with Crippen LogP contribution in [0.25, 0.3) is 22.5 Å². The number of carbonyl (C=O) groups is 1. The lowest BCUT2D eigenvalue weighted by Gasteiger charge is -2.13. The van der Waals surface area contributed by atoms with Crippen molar-refractivity contribution in [2.75, 3.05) is 0 Å². The number of rotatable bonds is 7. The van der Waals surface area contributed by atoms with Crippen molar-refractivity contribution in [3.05, 3.63) is 78.0 Å². The van der Waals surface area contributed by atoms with Crippen LogP contribution in [0.3, 0.4) is 0 Å². The van der Waals surface area contributed by atoms with Gasteiger partial charge >= 0.3 is 0 Å². The Labute approximate surface area is 163 Å². The summed E-state index contributed by atoms with van der Waals surface area (Å²) in [6.45, 7) is 2.02. The molecule has 0 aliphatic heterocycles. The van der Waals surface area contributed by atoms with Crippen LogP contribution in [-0.4, -0.2) is 17.1 Å². The lowest BCUT2D eigenvalue weighted by molar-refractivity contribution is -0.121. The molecule has 28 heavy (non-hydrogen) atoms. The van der Waals surface area contributed by atoms with Gasteiger partial charge in [-0.15, -0.1) is 0 Å². The van der Waals surface area contributed by atoms with E-state index in [0.29, 0.717) is 17.2 Å². The second-order valence-electron chi connectivity index (χ2n) is 7.00. The first kappa shape index (κ1) is 18.0. The average molecular weight is 374 g/mol.